The maximum absolute atomic E-state index is 15.5. The summed E-state index contributed by atoms with van der Waals surface area (Å²) in [6.45, 7) is -1.09. The molecule has 4 rings (SSSR count). The van der Waals surface area contributed by atoms with E-state index in [2.05, 4.69) is 15.3 Å². The number of carbonyl (C=O) groups excluding carboxylic acids is 1. The van der Waals surface area contributed by atoms with Crippen molar-refractivity contribution in [1.29, 1.82) is 0 Å². The van der Waals surface area contributed by atoms with Crippen LogP contribution in [0.25, 0.3) is 0 Å². The van der Waals surface area contributed by atoms with Crippen LogP contribution in [0.4, 0.5) is 42.4 Å². The maximum atomic E-state index is 15.5. The molecule has 38 heavy (non-hydrogen) atoms. The minimum atomic E-state index is -4.74. The Kier molecular flexibility index (Phi) is 7.97. The van der Waals surface area contributed by atoms with Crippen molar-refractivity contribution in [2.45, 2.75) is 24.6 Å². The van der Waals surface area contributed by atoms with E-state index in [-0.39, 0.29) is 63.0 Å². The minimum Gasteiger partial charge on any atom is -0.377 e. The van der Waals surface area contributed by atoms with E-state index < -0.39 is 53.7 Å². The number of alkyl halides is 5. The summed E-state index contributed by atoms with van der Waals surface area (Å²) in [5.41, 5.74) is 3.77. The predicted molar refractivity (Wildman–Crippen MR) is 121 cm³/mol. The van der Waals surface area contributed by atoms with Gasteiger partial charge >= 0.3 is 6.18 Å². The van der Waals surface area contributed by atoms with Crippen molar-refractivity contribution in [2.75, 3.05) is 56.2 Å². The van der Waals surface area contributed by atoms with Gasteiger partial charge in [0.05, 0.1) is 37.9 Å². The van der Waals surface area contributed by atoms with Crippen LogP contribution in [0, 0.1) is 17.6 Å². The number of nitrogens with zero attached hydrogens (tertiary/aromatic N) is 4. The number of hydrogen-bond donors (Lipinski definition) is 2. The zero-order valence-electron chi connectivity index (χ0n) is 19.9. The monoisotopic (exact) mass is 550 g/mol. The summed E-state index contributed by atoms with van der Waals surface area (Å²) < 4.78 is 104. The quantitative estimate of drug-likeness (QED) is 0.512. The zero-order chi connectivity index (χ0) is 27.7. The fourth-order valence-corrected chi connectivity index (χ4v) is 4.66. The molecule has 15 heteroatoms. The Hall–Kier alpha value is -3.20. The van der Waals surface area contributed by atoms with Crippen molar-refractivity contribution in [1.82, 2.24) is 14.9 Å². The van der Waals surface area contributed by atoms with E-state index in [1.54, 1.807) is 0 Å². The van der Waals surface area contributed by atoms with Gasteiger partial charge in [0.25, 0.3) is 5.92 Å². The number of nitrogens with one attached hydrogen (secondary N) is 1. The third kappa shape index (κ3) is 6.09. The lowest BCUT2D eigenvalue weighted by Crippen LogP contribution is -2.52. The zero-order valence-corrected chi connectivity index (χ0v) is 19.9. The van der Waals surface area contributed by atoms with E-state index in [9.17, 15) is 31.1 Å². The number of primary amides is 1. The molecule has 0 radical (unpaired) electrons. The van der Waals surface area contributed by atoms with Crippen molar-refractivity contribution in [2.24, 2.45) is 11.7 Å². The minimum absolute atomic E-state index is 0.0194. The molecule has 0 unspecified atom stereocenters. The number of carbonyl (C=O) groups is 1. The molecule has 0 aliphatic carbocycles. The molecule has 1 aromatic heterocycles. The first-order valence-corrected chi connectivity index (χ1v) is 11.7. The molecule has 0 spiro atoms. The molecule has 2 saturated heterocycles. The molecular formula is C23H25F7N6O2. The molecule has 1 amide bonds. The van der Waals surface area contributed by atoms with Crippen molar-refractivity contribution in [3.05, 3.63) is 47.3 Å². The first-order valence-electron chi connectivity index (χ1n) is 11.7. The highest BCUT2D eigenvalue weighted by Crippen LogP contribution is 2.37. The number of hydrogen-bond acceptors (Lipinski definition) is 7. The van der Waals surface area contributed by atoms with E-state index in [4.69, 9.17) is 10.5 Å². The van der Waals surface area contributed by atoms with Gasteiger partial charge in [-0.3, -0.25) is 9.69 Å². The van der Waals surface area contributed by atoms with Gasteiger partial charge in [-0.25, -0.2) is 23.1 Å². The number of piperidine rings is 1. The summed E-state index contributed by atoms with van der Waals surface area (Å²) in [7, 11) is 0. The van der Waals surface area contributed by atoms with E-state index in [1.807, 2.05) is 0 Å². The molecule has 8 nitrogen and oxygen atoms in total. The smallest absolute Gasteiger partial charge is 0.377 e. The standard InChI is InChI=1S/C23H25F7N6O2/c24-16-7-13(23(28,29)30)1-2-15(16)17-10-38-6-5-36(17)21-19(25)20(33-12-34-21)32-8-14-3-4-35(9-18(31)37)11-22(14,26)27/h1-2,7,12,14,17H,3-6,8-11H2,(H2,31,37)(H,32,33,34)/t14-,17-/m1/s1. The topological polar surface area (TPSA) is 96.6 Å². The average Bonchev–Trinajstić information content (AvgIpc) is 2.83. The molecule has 3 N–H and O–H groups in total. The molecular weight excluding hydrogens is 525 g/mol. The van der Waals surface area contributed by atoms with Crippen molar-refractivity contribution < 1.29 is 40.3 Å². The lowest BCUT2D eigenvalue weighted by Gasteiger charge is -2.38. The van der Waals surface area contributed by atoms with Crippen LogP contribution in [0.5, 0.6) is 0 Å². The molecule has 3 heterocycles. The largest absolute Gasteiger partial charge is 0.416 e. The van der Waals surface area contributed by atoms with Gasteiger partial charge in [-0.05, 0) is 25.1 Å². The van der Waals surface area contributed by atoms with Crippen LogP contribution in [0.2, 0.25) is 0 Å². The summed E-state index contributed by atoms with van der Waals surface area (Å²) in [4.78, 5) is 21.4. The fraction of sp³-hybridized carbons (Fsp3) is 0.522. The second-order valence-electron chi connectivity index (χ2n) is 9.18. The highest BCUT2D eigenvalue weighted by atomic mass is 19.4. The molecule has 2 aliphatic rings. The Morgan fingerprint density at radius 3 is 2.63 bits per heavy atom. The Bertz CT molecular complexity index is 1170. The van der Waals surface area contributed by atoms with Crippen molar-refractivity contribution in [3.8, 4) is 0 Å². The number of benzene rings is 1. The van der Waals surface area contributed by atoms with E-state index >= 15 is 4.39 Å². The first-order chi connectivity index (χ1) is 17.9. The van der Waals surface area contributed by atoms with Crippen LogP contribution < -0.4 is 16.0 Å². The molecule has 208 valence electrons. The maximum Gasteiger partial charge on any atom is 0.416 e. The van der Waals surface area contributed by atoms with Gasteiger partial charge < -0.3 is 20.7 Å². The normalized spacial score (nSPS) is 22.3. The highest BCUT2D eigenvalue weighted by molar-refractivity contribution is 5.75. The van der Waals surface area contributed by atoms with Gasteiger partial charge in [-0.1, -0.05) is 6.07 Å². The van der Waals surface area contributed by atoms with Gasteiger partial charge in [0.1, 0.15) is 12.1 Å². The van der Waals surface area contributed by atoms with Crippen LogP contribution in [-0.4, -0.2) is 72.6 Å². The van der Waals surface area contributed by atoms with Gasteiger partial charge in [-0.15, -0.1) is 0 Å². The van der Waals surface area contributed by atoms with Crippen LogP contribution in [0.3, 0.4) is 0 Å². The average molecular weight is 550 g/mol. The Morgan fingerprint density at radius 2 is 1.97 bits per heavy atom. The Labute approximate surface area is 213 Å². The number of aromatic nitrogens is 2. The van der Waals surface area contributed by atoms with Gasteiger partial charge in [0.15, 0.2) is 11.6 Å². The second kappa shape index (κ2) is 10.9. The number of halogens is 7. The van der Waals surface area contributed by atoms with Gasteiger partial charge in [0.2, 0.25) is 11.7 Å². The van der Waals surface area contributed by atoms with Gasteiger partial charge in [0, 0.05) is 24.6 Å². The highest BCUT2D eigenvalue weighted by Gasteiger charge is 2.44. The number of ether oxygens (including phenoxy) is 1. The molecule has 0 saturated carbocycles. The van der Waals surface area contributed by atoms with Crippen molar-refractivity contribution in [3.63, 3.8) is 0 Å². The summed E-state index contributed by atoms with van der Waals surface area (Å²) in [5, 5.41) is 2.59. The van der Waals surface area contributed by atoms with E-state index in [0.29, 0.717) is 6.07 Å². The number of anilines is 2. The van der Waals surface area contributed by atoms with Crippen LogP contribution in [-0.2, 0) is 15.7 Å². The molecule has 2 aliphatic heterocycles. The van der Waals surface area contributed by atoms with E-state index in [1.165, 1.54) is 9.80 Å². The van der Waals surface area contributed by atoms with Crippen LogP contribution >= 0.6 is 0 Å². The van der Waals surface area contributed by atoms with Crippen LogP contribution in [0.15, 0.2) is 24.5 Å². The van der Waals surface area contributed by atoms with E-state index in [0.717, 1.165) is 18.5 Å². The Morgan fingerprint density at radius 1 is 1.21 bits per heavy atom. The van der Waals surface area contributed by atoms with Gasteiger partial charge in [-0.2, -0.15) is 17.6 Å². The summed E-state index contributed by atoms with van der Waals surface area (Å²) in [6, 6.07) is 1.06. The SMILES string of the molecule is NC(=O)CN1CC[C@H](CNc2ncnc(N3CCOC[C@@H]3c3ccc(C(F)(F)F)cc3F)c2F)C(F)(F)C1. The number of nitrogens with two attached hydrogens (primary N) is 1. The number of likely N-dealkylation sites (tertiary alicyclic amines) is 1. The Balaban J connectivity index is 1.51. The van der Waals surface area contributed by atoms with Crippen molar-refractivity contribution >= 4 is 17.5 Å². The third-order valence-electron chi connectivity index (χ3n) is 6.58. The molecule has 0 bridgehead atoms. The molecule has 2 fully saturated rings. The summed E-state index contributed by atoms with van der Waals surface area (Å²) in [5.74, 6) is -7.84. The van der Waals surface area contributed by atoms with Crippen LogP contribution in [0.1, 0.15) is 23.6 Å². The number of morpholine rings is 1. The molecule has 1 aromatic carbocycles. The number of amides is 1. The third-order valence-corrected chi connectivity index (χ3v) is 6.58. The second-order valence-corrected chi connectivity index (χ2v) is 9.18. The lowest BCUT2D eigenvalue weighted by molar-refractivity contribution is -0.137. The summed E-state index contributed by atoms with van der Waals surface area (Å²) in [6.07, 6.45) is -3.72. The summed E-state index contributed by atoms with van der Waals surface area (Å²) >= 11 is 0. The first kappa shape index (κ1) is 27.8. The lowest BCUT2D eigenvalue weighted by atomic mass is 9.92. The number of rotatable bonds is 7. The fourth-order valence-electron chi connectivity index (χ4n) is 4.66. The molecule has 2 atom stereocenters. The predicted octanol–water partition coefficient (Wildman–Crippen LogP) is 3.21. The molecule has 2 aromatic rings.